The third-order valence-corrected chi connectivity index (χ3v) is 8.30. The number of halogens is 1. The topological polar surface area (TPSA) is 69.3 Å². The maximum atomic E-state index is 5.26. The van der Waals surface area contributed by atoms with Crippen molar-refractivity contribution in [3.63, 3.8) is 0 Å². The molecule has 0 radical (unpaired) electrons. The van der Waals surface area contributed by atoms with Gasteiger partial charge < -0.3 is 24.8 Å². The first-order chi connectivity index (χ1) is 17.1. The van der Waals surface area contributed by atoms with E-state index in [1.165, 1.54) is 24.9 Å². The van der Waals surface area contributed by atoms with Gasteiger partial charge in [0.15, 0.2) is 5.65 Å². The van der Waals surface area contributed by atoms with E-state index in [4.69, 9.17) is 9.72 Å². The van der Waals surface area contributed by atoms with Gasteiger partial charge in [-0.15, -0.1) is 0 Å². The van der Waals surface area contributed by atoms with Crippen LogP contribution in [-0.2, 0) is 4.74 Å². The molecule has 35 heavy (non-hydrogen) atoms. The molecule has 2 N–H and O–H groups in total. The molecule has 0 amide bonds. The van der Waals surface area contributed by atoms with Crippen molar-refractivity contribution in [2.24, 2.45) is 5.92 Å². The maximum Gasteiger partial charge on any atom is 0.159 e. The van der Waals surface area contributed by atoms with Gasteiger partial charge in [-0.3, -0.25) is 0 Å². The number of pyridine rings is 1. The quantitative estimate of drug-likeness (QED) is 0.391. The van der Waals surface area contributed by atoms with Gasteiger partial charge in [-0.05, 0) is 84.8 Å². The van der Waals surface area contributed by atoms with Crippen LogP contribution in [-0.4, -0.2) is 72.3 Å². The molecule has 188 valence electrons. The lowest BCUT2D eigenvalue weighted by atomic mass is 9.93. The Morgan fingerprint density at radius 2 is 1.83 bits per heavy atom. The summed E-state index contributed by atoms with van der Waals surface area (Å²) in [5, 5.41) is 3.76. The van der Waals surface area contributed by atoms with Crippen LogP contribution in [0.2, 0.25) is 0 Å². The molecule has 4 heterocycles. The lowest BCUT2D eigenvalue weighted by Gasteiger charge is -2.33. The first-order valence-electron chi connectivity index (χ1n) is 13.0. The SMILES string of the molecule is CCN1CCC(Nc2c(Br)cnc3[nH]c(-c4ccc(N5CCC(CCOC)CC5)cc4)nc23)CC1. The van der Waals surface area contributed by atoms with Gasteiger partial charge in [0.25, 0.3) is 0 Å². The van der Waals surface area contributed by atoms with Gasteiger partial charge in [-0.1, -0.05) is 6.92 Å². The van der Waals surface area contributed by atoms with Crippen LogP contribution in [0.5, 0.6) is 0 Å². The third kappa shape index (κ3) is 5.65. The first-order valence-corrected chi connectivity index (χ1v) is 13.8. The number of H-pyrrole nitrogens is 1. The van der Waals surface area contributed by atoms with Crippen molar-refractivity contribution in [1.82, 2.24) is 19.9 Å². The highest BCUT2D eigenvalue weighted by molar-refractivity contribution is 9.10. The van der Waals surface area contributed by atoms with Crippen molar-refractivity contribution >= 4 is 38.5 Å². The summed E-state index contributed by atoms with van der Waals surface area (Å²) in [5.74, 6) is 1.65. The second kappa shape index (κ2) is 11.3. The number of nitrogens with zero attached hydrogens (tertiary/aromatic N) is 4. The van der Waals surface area contributed by atoms with E-state index in [1.54, 1.807) is 7.11 Å². The zero-order chi connectivity index (χ0) is 24.2. The number of ether oxygens (including phenoxy) is 1. The third-order valence-electron chi connectivity index (χ3n) is 7.70. The molecule has 2 aliphatic rings. The molecule has 0 bridgehead atoms. The monoisotopic (exact) mass is 540 g/mol. The number of benzene rings is 1. The second-order valence-corrected chi connectivity index (χ2v) is 10.7. The maximum absolute atomic E-state index is 5.26. The van der Waals surface area contributed by atoms with Crippen molar-refractivity contribution in [2.45, 2.75) is 45.1 Å². The molecular weight excluding hydrogens is 504 g/mol. The molecule has 0 spiro atoms. The highest BCUT2D eigenvalue weighted by atomic mass is 79.9. The smallest absolute Gasteiger partial charge is 0.159 e. The molecule has 0 aliphatic carbocycles. The van der Waals surface area contributed by atoms with Crippen LogP contribution in [0.15, 0.2) is 34.9 Å². The fourth-order valence-corrected chi connectivity index (χ4v) is 5.80. The largest absolute Gasteiger partial charge is 0.385 e. The van der Waals surface area contributed by atoms with Crippen molar-refractivity contribution in [2.75, 3.05) is 56.7 Å². The predicted molar refractivity (Wildman–Crippen MR) is 147 cm³/mol. The molecule has 7 nitrogen and oxygen atoms in total. The van der Waals surface area contributed by atoms with E-state index >= 15 is 0 Å². The number of aromatic amines is 1. The highest BCUT2D eigenvalue weighted by Crippen LogP contribution is 2.33. The number of rotatable bonds is 8. The number of hydrogen-bond acceptors (Lipinski definition) is 6. The minimum Gasteiger partial charge on any atom is -0.385 e. The number of fused-ring (bicyclic) bond motifs is 1. The molecule has 2 saturated heterocycles. The van der Waals surface area contributed by atoms with Crippen molar-refractivity contribution in [1.29, 1.82) is 0 Å². The number of anilines is 2. The summed E-state index contributed by atoms with van der Waals surface area (Å²) in [7, 11) is 1.79. The molecule has 5 rings (SSSR count). The van der Waals surface area contributed by atoms with Crippen LogP contribution in [0.25, 0.3) is 22.6 Å². The van der Waals surface area contributed by atoms with Crippen LogP contribution in [0.1, 0.15) is 39.0 Å². The Balaban J connectivity index is 1.28. The molecule has 0 atom stereocenters. The van der Waals surface area contributed by atoms with Crippen LogP contribution < -0.4 is 10.2 Å². The number of imidazole rings is 1. The Morgan fingerprint density at radius 1 is 1.09 bits per heavy atom. The van der Waals surface area contributed by atoms with E-state index in [9.17, 15) is 0 Å². The van der Waals surface area contributed by atoms with Gasteiger partial charge in [-0.25, -0.2) is 9.97 Å². The Bertz CT molecular complexity index is 1100. The second-order valence-electron chi connectivity index (χ2n) is 9.88. The van der Waals surface area contributed by atoms with Gasteiger partial charge in [-0.2, -0.15) is 0 Å². The lowest BCUT2D eigenvalue weighted by molar-refractivity contribution is 0.170. The predicted octanol–water partition coefficient (Wildman–Crippen LogP) is 5.54. The number of aromatic nitrogens is 3. The van der Waals surface area contributed by atoms with Gasteiger partial charge in [0.1, 0.15) is 11.3 Å². The van der Waals surface area contributed by atoms with E-state index in [1.807, 2.05) is 6.20 Å². The fourth-order valence-electron chi connectivity index (χ4n) is 5.40. The zero-order valence-corrected chi connectivity index (χ0v) is 22.5. The number of hydrogen-bond donors (Lipinski definition) is 2. The summed E-state index contributed by atoms with van der Waals surface area (Å²) in [6, 6.07) is 9.25. The van der Waals surface area contributed by atoms with Gasteiger partial charge in [0.05, 0.1) is 10.2 Å². The number of piperidine rings is 2. The normalized spacial score (nSPS) is 18.4. The van der Waals surface area contributed by atoms with Gasteiger partial charge in [0.2, 0.25) is 0 Å². The van der Waals surface area contributed by atoms with Gasteiger partial charge >= 0.3 is 0 Å². The minimum absolute atomic E-state index is 0.456. The van der Waals surface area contributed by atoms with Gasteiger partial charge in [0, 0.05) is 63.4 Å². The molecule has 8 heteroatoms. The number of methoxy groups -OCH3 is 1. The highest BCUT2D eigenvalue weighted by Gasteiger charge is 2.22. The van der Waals surface area contributed by atoms with Crippen molar-refractivity contribution in [3.05, 3.63) is 34.9 Å². The molecule has 1 aromatic carbocycles. The van der Waals surface area contributed by atoms with E-state index < -0.39 is 0 Å². The zero-order valence-electron chi connectivity index (χ0n) is 20.9. The molecule has 0 saturated carbocycles. The fraction of sp³-hybridized carbons (Fsp3) is 0.556. The molecule has 3 aromatic rings. The average Bonchev–Trinajstić information content (AvgIpc) is 3.35. The average molecular weight is 542 g/mol. The van der Waals surface area contributed by atoms with Crippen LogP contribution in [0.4, 0.5) is 11.4 Å². The molecular formula is C27H37BrN6O. The van der Waals surface area contributed by atoms with Crippen molar-refractivity contribution < 1.29 is 4.74 Å². The summed E-state index contributed by atoms with van der Waals surface area (Å²) < 4.78 is 6.22. The Hall–Kier alpha value is -2.16. The Morgan fingerprint density at radius 3 is 2.51 bits per heavy atom. The lowest BCUT2D eigenvalue weighted by Crippen LogP contribution is -2.38. The van der Waals surface area contributed by atoms with E-state index in [-0.39, 0.29) is 0 Å². The van der Waals surface area contributed by atoms with E-state index in [0.29, 0.717) is 6.04 Å². The van der Waals surface area contributed by atoms with Crippen LogP contribution in [0, 0.1) is 5.92 Å². The van der Waals surface area contributed by atoms with Crippen LogP contribution >= 0.6 is 15.9 Å². The minimum atomic E-state index is 0.456. The Labute approximate surface area is 216 Å². The summed E-state index contributed by atoms with van der Waals surface area (Å²) in [5.41, 5.74) is 5.13. The number of likely N-dealkylation sites (tertiary alicyclic amines) is 1. The van der Waals surface area contributed by atoms with E-state index in [2.05, 4.69) is 72.2 Å². The first kappa shape index (κ1) is 24.5. The summed E-state index contributed by atoms with van der Waals surface area (Å²) in [6.45, 7) is 8.75. The van der Waals surface area contributed by atoms with Crippen molar-refractivity contribution in [3.8, 4) is 11.4 Å². The molecule has 2 fully saturated rings. The summed E-state index contributed by atoms with van der Waals surface area (Å²) >= 11 is 3.71. The summed E-state index contributed by atoms with van der Waals surface area (Å²) in [6.07, 6.45) is 7.81. The standard InChI is InChI=1S/C27H37BrN6O/c1-3-33-13-10-21(11-14-33)30-24-23(28)18-29-27-25(24)31-26(32-27)20-4-6-22(7-5-20)34-15-8-19(9-16-34)12-17-35-2/h4-7,18-19,21H,3,8-17H2,1-2H3,(H2,29,30,31,32). The molecule has 2 aliphatic heterocycles. The van der Waals surface area contributed by atoms with E-state index in [0.717, 1.165) is 90.8 Å². The summed E-state index contributed by atoms with van der Waals surface area (Å²) in [4.78, 5) is 18.0. The molecule has 2 aromatic heterocycles. The Kier molecular flexibility index (Phi) is 7.90. The van der Waals surface area contributed by atoms with Crippen LogP contribution in [0.3, 0.4) is 0 Å². The number of nitrogens with one attached hydrogen (secondary N) is 2. The molecule has 0 unspecified atom stereocenters.